The Morgan fingerprint density at radius 3 is 2.88 bits per heavy atom. The third-order valence-corrected chi connectivity index (χ3v) is 5.16. The molecule has 0 saturated carbocycles. The van der Waals surface area contributed by atoms with Crippen molar-refractivity contribution in [3.05, 3.63) is 52.0 Å². The van der Waals surface area contributed by atoms with E-state index >= 15 is 0 Å². The van der Waals surface area contributed by atoms with Crippen LogP contribution in [0.3, 0.4) is 0 Å². The van der Waals surface area contributed by atoms with Gasteiger partial charge in [0.05, 0.1) is 6.33 Å². The smallest absolute Gasteiger partial charge is 0.263 e. The molecule has 0 unspecified atom stereocenters. The van der Waals surface area contributed by atoms with Gasteiger partial charge in [0.25, 0.3) is 11.5 Å². The second kappa shape index (κ2) is 7.25. The summed E-state index contributed by atoms with van der Waals surface area (Å²) in [6.07, 6.45) is 8.37. The summed E-state index contributed by atoms with van der Waals surface area (Å²) < 4.78 is 3.67. The lowest BCUT2D eigenvalue weighted by Crippen LogP contribution is -2.43. The Kier molecular flexibility index (Phi) is 5.06. The van der Waals surface area contributed by atoms with E-state index in [9.17, 15) is 9.59 Å². The van der Waals surface area contributed by atoms with Gasteiger partial charge in [0, 0.05) is 44.8 Å². The monoisotopic (exact) mass is 342 g/mol. The molecule has 0 N–H and O–H groups in total. The van der Waals surface area contributed by atoms with E-state index in [1.165, 1.54) is 0 Å². The molecule has 0 aromatic carbocycles. The number of nitrogens with zero attached hydrogens (tertiary/aromatic N) is 4. The number of likely N-dealkylation sites (tertiary alicyclic amines) is 1. The molecular weight excluding hydrogens is 316 g/mol. The Morgan fingerprint density at radius 2 is 2.20 bits per heavy atom. The Morgan fingerprint density at radius 1 is 1.40 bits per heavy atom. The number of amides is 1. The van der Waals surface area contributed by atoms with Crippen LogP contribution in [0.25, 0.3) is 0 Å². The van der Waals surface area contributed by atoms with Gasteiger partial charge in [0.15, 0.2) is 0 Å². The number of imidazole rings is 1. The summed E-state index contributed by atoms with van der Waals surface area (Å²) >= 11 is 0. The molecule has 0 spiro atoms. The summed E-state index contributed by atoms with van der Waals surface area (Å²) in [6.45, 7) is 6.25. The van der Waals surface area contributed by atoms with Crippen molar-refractivity contribution in [3.63, 3.8) is 0 Å². The van der Waals surface area contributed by atoms with Crippen LogP contribution >= 0.6 is 0 Å². The van der Waals surface area contributed by atoms with Crippen LogP contribution in [-0.2, 0) is 20.0 Å². The van der Waals surface area contributed by atoms with E-state index in [4.69, 9.17) is 0 Å². The van der Waals surface area contributed by atoms with Crippen molar-refractivity contribution in [2.75, 3.05) is 13.1 Å². The first-order valence-electron chi connectivity index (χ1n) is 8.95. The van der Waals surface area contributed by atoms with Crippen molar-refractivity contribution < 1.29 is 4.79 Å². The van der Waals surface area contributed by atoms with Crippen molar-refractivity contribution in [1.82, 2.24) is 19.0 Å². The third kappa shape index (κ3) is 3.52. The number of aryl methyl sites for hydroxylation is 1. The lowest BCUT2D eigenvalue weighted by molar-refractivity contribution is 0.0659. The van der Waals surface area contributed by atoms with Crippen LogP contribution in [0.4, 0.5) is 0 Å². The molecule has 1 aliphatic rings. The molecule has 0 aliphatic carbocycles. The molecule has 1 amide bonds. The first-order valence-corrected chi connectivity index (χ1v) is 8.95. The maximum Gasteiger partial charge on any atom is 0.263 e. The van der Waals surface area contributed by atoms with Crippen LogP contribution in [0.2, 0.25) is 0 Å². The van der Waals surface area contributed by atoms with Crippen molar-refractivity contribution in [2.24, 2.45) is 13.0 Å². The number of hydrogen-bond donors (Lipinski definition) is 0. The molecule has 0 bridgehead atoms. The zero-order valence-corrected chi connectivity index (χ0v) is 15.2. The van der Waals surface area contributed by atoms with Crippen LogP contribution in [0.1, 0.15) is 41.4 Å². The van der Waals surface area contributed by atoms with Gasteiger partial charge in [-0.1, -0.05) is 6.92 Å². The summed E-state index contributed by atoms with van der Waals surface area (Å²) in [5.74, 6) is 0.258. The van der Waals surface area contributed by atoms with Crippen molar-refractivity contribution in [1.29, 1.82) is 0 Å². The van der Waals surface area contributed by atoms with E-state index in [1.807, 2.05) is 31.3 Å². The van der Waals surface area contributed by atoms with E-state index in [1.54, 1.807) is 23.9 Å². The second-order valence-electron chi connectivity index (χ2n) is 6.92. The fourth-order valence-electron chi connectivity index (χ4n) is 3.86. The minimum Gasteiger partial charge on any atom is -0.338 e. The van der Waals surface area contributed by atoms with Gasteiger partial charge in [-0.15, -0.1) is 0 Å². The van der Waals surface area contributed by atoms with Crippen molar-refractivity contribution >= 4 is 5.91 Å². The molecule has 25 heavy (non-hydrogen) atoms. The molecule has 2 aromatic heterocycles. The van der Waals surface area contributed by atoms with E-state index < -0.39 is 0 Å². The minimum absolute atomic E-state index is 0.137. The Hall–Kier alpha value is -2.37. The molecule has 6 heteroatoms. The van der Waals surface area contributed by atoms with Gasteiger partial charge in [-0.25, -0.2) is 4.98 Å². The zero-order valence-electron chi connectivity index (χ0n) is 15.2. The second-order valence-corrected chi connectivity index (χ2v) is 6.92. The predicted octanol–water partition coefficient (Wildman–Crippen LogP) is 2.01. The summed E-state index contributed by atoms with van der Waals surface area (Å²) in [5.41, 5.74) is 2.09. The largest absolute Gasteiger partial charge is 0.338 e. The first kappa shape index (κ1) is 17.5. The molecule has 1 atom stereocenters. The zero-order chi connectivity index (χ0) is 18.0. The van der Waals surface area contributed by atoms with E-state index in [0.29, 0.717) is 18.0 Å². The number of hydrogen-bond acceptors (Lipinski definition) is 3. The average Bonchev–Trinajstić information content (AvgIpc) is 3.11. The molecule has 0 radical (unpaired) electrons. The Labute approximate surface area is 148 Å². The molecular formula is C19H26N4O2. The highest BCUT2D eigenvalue weighted by atomic mass is 16.2. The van der Waals surface area contributed by atoms with Crippen LogP contribution in [0, 0.1) is 12.8 Å². The summed E-state index contributed by atoms with van der Waals surface area (Å²) in [6, 6.07) is 1.77. The van der Waals surface area contributed by atoms with Crippen LogP contribution in [-0.4, -0.2) is 38.0 Å². The molecule has 6 nitrogen and oxygen atoms in total. The summed E-state index contributed by atoms with van der Waals surface area (Å²) in [4.78, 5) is 31.5. The first-order chi connectivity index (χ1) is 12.0. The number of carbonyl (C=O) groups is 1. The highest BCUT2D eigenvalue weighted by Gasteiger charge is 2.27. The van der Waals surface area contributed by atoms with Gasteiger partial charge in [-0.3, -0.25) is 9.59 Å². The molecule has 1 saturated heterocycles. The lowest BCUT2D eigenvalue weighted by Gasteiger charge is -2.33. The van der Waals surface area contributed by atoms with Crippen molar-refractivity contribution in [3.8, 4) is 0 Å². The molecule has 2 aromatic rings. The van der Waals surface area contributed by atoms with Gasteiger partial charge in [0.2, 0.25) is 0 Å². The average molecular weight is 342 g/mol. The van der Waals surface area contributed by atoms with E-state index in [2.05, 4.69) is 9.55 Å². The predicted molar refractivity (Wildman–Crippen MR) is 96.7 cm³/mol. The molecule has 1 fully saturated rings. The van der Waals surface area contributed by atoms with Crippen LogP contribution < -0.4 is 5.56 Å². The number of aromatic nitrogens is 3. The van der Waals surface area contributed by atoms with Crippen molar-refractivity contribution in [2.45, 2.75) is 39.7 Å². The quantitative estimate of drug-likeness (QED) is 0.854. The maximum absolute atomic E-state index is 13.0. The third-order valence-electron chi connectivity index (χ3n) is 5.16. The Balaban J connectivity index is 1.80. The maximum atomic E-state index is 13.0. The van der Waals surface area contributed by atoms with E-state index in [-0.39, 0.29) is 11.5 Å². The Bertz CT molecular complexity index is 808. The normalized spacial score (nSPS) is 17.7. The van der Waals surface area contributed by atoms with Gasteiger partial charge in [-0.05, 0) is 43.7 Å². The number of pyridine rings is 1. The summed E-state index contributed by atoms with van der Waals surface area (Å²) in [5, 5.41) is 0. The van der Waals surface area contributed by atoms with Gasteiger partial charge in [0.1, 0.15) is 5.56 Å². The SMILES string of the molecule is CCc1c(C)cc(C(=O)N2CCC[C@@H](Cn3ccnc3)C2)c(=O)n1C. The molecule has 134 valence electrons. The van der Waals surface area contributed by atoms with Gasteiger partial charge < -0.3 is 14.0 Å². The van der Waals surface area contributed by atoms with E-state index in [0.717, 1.165) is 43.6 Å². The lowest BCUT2D eigenvalue weighted by atomic mass is 9.97. The van der Waals surface area contributed by atoms with Gasteiger partial charge in [-0.2, -0.15) is 0 Å². The molecule has 1 aliphatic heterocycles. The topological polar surface area (TPSA) is 60.1 Å². The number of piperidine rings is 1. The minimum atomic E-state index is -0.191. The summed E-state index contributed by atoms with van der Waals surface area (Å²) in [7, 11) is 1.75. The highest BCUT2D eigenvalue weighted by Crippen LogP contribution is 2.20. The van der Waals surface area contributed by atoms with Gasteiger partial charge >= 0.3 is 0 Å². The fourth-order valence-corrected chi connectivity index (χ4v) is 3.86. The number of rotatable bonds is 4. The standard InChI is InChI=1S/C19H26N4O2/c1-4-17-14(2)10-16(18(24)21(17)3)19(25)23-8-5-6-15(12-23)11-22-9-7-20-13-22/h7,9-10,13,15H,4-6,8,11-12H2,1-3H3/t15-/m0/s1. The van der Waals surface area contributed by atoms with Crippen LogP contribution in [0.5, 0.6) is 0 Å². The molecule has 3 heterocycles. The fraction of sp³-hybridized carbons (Fsp3) is 0.526. The number of carbonyl (C=O) groups excluding carboxylic acids is 1. The highest BCUT2D eigenvalue weighted by molar-refractivity contribution is 5.94. The van der Waals surface area contributed by atoms with Crippen LogP contribution in [0.15, 0.2) is 29.6 Å². The molecule has 3 rings (SSSR count).